The zero-order chi connectivity index (χ0) is 14.3. The van der Waals surface area contributed by atoms with Crippen LogP contribution < -0.4 is 4.74 Å². The van der Waals surface area contributed by atoms with Crippen LogP contribution >= 0.6 is 27.3 Å². The van der Waals surface area contributed by atoms with Gasteiger partial charge in [-0.2, -0.15) is 0 Å². The molecule has 0 saturated heterocycles. The maximum absolute atomic E-state index is 12.7. The Labute approximate surface area is 128 Å². The number of benzene rings is 1. The first-order valence-corrected chi connectivity index (χ1v) is 7.70. The van der Waals surface area contributed by atoms with Gasteiger partial charge in [0.05, 0.1) is 28.5 Å². The van der Waals surface area contributed by atoms with Crippen molar-refractivity contribution in [3.05, 3.63) is 50.8 Å². The van der Waals surface area contributed by atoms with Crippen LogP contribution in [0.3, 0.4) is 0 Å². The molecule has 0 unspecified atom stereocenters. The Bertz CT molecular complexity index is 803. The molecule has 3 aromatic rings. The van der Waals surface area contributed by atoms with E-state index >= 15 is 0 Å². The molecule has 1 aromatic carbocycles. The molecule has 0 fully saturated rings. The highest BCUT2D eigenvalue weighted by molar-refractivity contribution is 9.10. The van der Waals surface area contributed by atoms with Gasteiger partial charge in [0.15, 0.2) is 0 Å². The SMILES string of the molecule is COc1cccc2c1c(C(=O)c1sccc1Br)cn2C. The van der Waals surface area contributed by atoms with Gasteiger partial charge in [0.25, 0.3) is 0 Å². The van der Waals surface area contributed by atoms with Crippen LogP contribution in [0, 0.1) is 0 Å². The van der Waals surface area contributed by atoms with Crippen LogP contribution in [0.15, 0.2) is 40.3 Å². The maximum Gasteiger partial charge on any atom is 0.206 e. The molecule has 0 saturated carbocycles. The average Bonchev–Trinajstić information content (AvgIpc) is 3.02. The van der Waals surface area contributed by atoms with Gasteiger partial charge >= 0.3 is 0 Å². The summed E-state index contributed by atoms with van der Waals surface area (Å²) in [5.41, 5.74) is 1.66. The lowest BCUT2D eigenvalue weighted by atomic mass is 10.1. The number of halogens is 1. The standard InChI is InChI=1S/C15H12BrNO2S/c1-17-8-9(14(18)15-10(16)6-7-20-15)13-11(17)4-3-5-12(13)19-2/h3-8H,1-2H3. The van der Waals surface area contributed by atoms with Gasteiger partial charge in [-0.25, -0.2) is 0 Å². The van der Waals surface area contributed by atoms with Crippen molar-refractivity contribution in [2.24, 2.45) is 7.05 Å². The molecule has 0 bridgehead atoms. The molecule has 102 valence electrons. The second-order valence-electron chi connectivity index (χ2n) is 4.43. The topological polar surface area (TPSA) is 31.2 Å². The number of thiophene rings is 1. The molecule has 0 amide bonds. The van der Waals surface area contributed by atoms with E-state index in [9.17, 15) is 4.79 Å². The van der Waals surface area contributed by atoms with Gasteiger partial charge < -0.3 is 9.30 Å². The van der Waals surface area contributed by atoms with E-state index in [1.165, 1.54) is 11.3 Å². The second kappa shape index (κ2) is 5.07. The summed E-state index contributed by atoms with van der Waals surface area (Å²) < 4.78 is 8.19. The van der Waals surface area contributed by atoms with Crippen LogP contribution in [0.2, 0.25) is 0 Å². The maximum atomic E-state index is 12.7. The number of hydrogen-bond donors (Lipinski definition) is 0. The molecule has 0 N–H and O–H groups in total. The zero-order valence-corrected chi connectivity index (χ0v) is 13.4. The van der Waals surface area contributed by atoms with Crippen molar-refractivity contribution in [1.82, 2.24) is 4.57 Å². The Morgan fingerprint density at radius 3 is 2.80 bits per heavy atom. The second-order valence-corrected chi connectivity index (χ2v) is 6.21. The zero-order valence-electron chi connectivity index (χ0n) is 11.0. The Morgan fingerprint density at radius 2 is 2.15 bits per heavy atom. The van der Waals surface area contributed by atoms with Crippen LogP contribution in [-0.4, -0.2) is 17.5 Å². The van der Waals surface area contributed by atoms with Gasteiger partial charge in [-0.15, -0.1) is 11.3 Å². The van der Waals surface area contributed by atoms with Gasteiger partial charge in [0, 0.05) is 17.7 Å². The fourth-order valence-corrected chi connectivity index (χ4v) is 3.84. The third kappa shape index (κ3) is 1.98. The van der Waals surface area contributed by atoms with E-state index in [1.807, 2.05) is 47.5 Å². The van der Waals surface area contributed by atoms with Crippen LogP contribution in [0.25, 0.3) is 10.9 Å². The number of ether oxygens (including phenoxy) is 1. The molecular formula is C15H12BrNO2S. The molecular weight excluding hydrogens is 338 g/mol. The first-order valence-electron chi connectivity index (χ1n) is 6.03. The molecule has 0 aliphatic carbocycles. The predicted molar refractivity (Wildman–Crippen MR) is 84.9 cm³/mol. The largest absolute Gasteiger partial charge is 0.496 e. The quantitative estimate of drug-likeness (QED) is 0.662. The van der Waals surface area contributed by atoms with E-state index in [2.05, 4.69) is 15.9 Å². The van der Waals surface area contributed by atoms with Crippen LogP contribution in [0.4, 0.5) is 0 Å². The number of ketones is 1. The number of methoxy groups -OCH3 is 1. The number of hydrogen-bond acceptors (Lipinski definition) is 3. The van der Waals surface area contributed by atoms with E-state index in [1.54, 1.807) is 7.11 Å². The predicted octanol–water partition coefficient (Wildman–Crippen LogP) is 4.24. The third-order valence-electron chi connectivity index (χ3n) is 3.26. The minimum absolute atomic E-state index is 0.0157. The summed E-state index contributed by atoms with van der Waals surface area (Å²) in [5.74, 6) is 0.737. The lowest BCUT2D eigenvalue weighted by Gasteiger charge is -2.04. The highest BCUT2D eigenvalue weighted by Crippen LogP contribution is 2.34. The Hall–Kier alpha value is -1.59. The molecule has 3 nitrogen and oxygen atoms in total. The van der Waals surface area contributed by atoms with Crippen molar-refractivity contribution in [3.8, 4) is 5.75 Å². The van der Waals surface area contributed by atoms with Crippen molar-refractivity contribution in [3.63, 3.8) is 0 Å². The minimum atomic E-state index is 0.0157. The number of rotatable bonds is 3. The number of aromatic nitrogens is 1. The Morgan fingerprint density at radius 1 is 1.35 bits per heavy atom. The molecule has 0 spiro atoms. The highest BCUT2D eigenvalue weighted by Gasteiger charge is 2.21. The summed E-state index contributed by atoms with van der Waals surface area (Å²) >= 11 is 4.86. The summed E-state index contributed by atoms with van der Waals surface area (Å²) in [5, 5.41) is 2.77. The van der Waals surface area contributed by atoms with Gasteiger partial charge in [0.2, 0.25) is 5.78 Å². The molecule has 0 atom stereocenters. The van der Waals surface area contributed by atoms with Crippen molar-refractivity contribution >= 4 is 44.0 Å². The summed E-state index contributed by atoms with van der Waals surface area (Å²) in [4.78, 5) is 13.4. The summed E-state index contributed by atoms with van der Waals surface area (Å²) in [6, 6.07) is 7.68. The monoisotopic (exact) mass is 349 g/mol. The Balaban J connectivity index is 2.27. The molecule has 5 heteroatoms. The van der Waals surface area contributed by atoms with E-state index in [0.717, 1.165) is 21.1 Å². The van der Waals surface area contributed by atoms with Crippen molar-refractivity contribution < 1.29 is 9.53 Å². The summed E-state index contributed by atoms with van der Waals surface area (Å²) in [6.45, 7) is 0. The van der Waals surface area contributed by atoms with E-state index in [-0.39, 0.29) is 5.78 Å². The molecule has 2 heterocycles. The number of fused-ring (bicyclic) bond motifs is 1. The van der Waals surface area contributed by atoms with Crippen LogP contribution in [0.1, 0.15) is 15.2 Å². The third-order valence-corrected chi connectivity index (χ3v) is 5.10. The number of aryl methyl sites for hydroxylation is 1. The first-order chi connectivity index (χ1) is 9.63. The van der Waals surface area contributed by atoms with E-state index in [4.69, 9.17) is 4.74 Å². The molecule has 3 rings (SSSR count). The van der Waals surface area contributed by atoms with Crippen molar-refractivity contribution in [1.29, 1.82) is 0 Å². The number of carbonyl (C=O) groups is 1. The fourth-order valence-electron chi connectivity index (χ4n) is 2.33. The van der Waals surface area contributed by atoms with Gasteiger partial charge in [0.1, 0.15) is 5.75 Å². The normalized spacial score (nSPS) is 10.9. The number of carbonyl (C=O) groups excluding carboxylic acids is 1. The first kappa shape index (κ1) is 13.4. The molecule has 0 aliphatic rings. The number of nitrogens with zero attached hydrogens (tertiary/aromatic N) is 1. The fraction of sp³-hybridized carbons (Fsp3) is 0.133. The highest BCUT2D eigenvalue weighted by atomic mass is 79.9. The average molecular weight is 350 g/mol. The van der Waals surface area contributed by atoms with E-state index < -0.39 is 0 Å². The van der Waals surface area contributed by atoms with Gasteiger partial charge in [-0.05, 0) is 39.5 Å². The van der Waals surface area contributed by atoms with Gasteiger partial charge in [-0.1, -0.05) is 6.07 Å². The van der Waals surface area contributed by atoms with Crippen LogP contribution in [0.5, 0.6) is 5.75 Å². The summed E-state index contributed by atoms with van der Waals surface area (Å²) in [7, 11) is 3.55. The lowest BCUT2D eigenvalue weighted by Crippen LogP contribution is -1.99. The Kier molecular flexibility index (Phi) is 3.40. The molecule has 0 aliphatic heterocycles. The van der Waals surface area contributed by atoms with Crippen molar-refractivity contribution in [2.45, 2.75) is 0 Å². The van der Waals surface area contributed by atoms with Crippen molar-refractivity contribution in [2.75, 3.05) is 7.11 Å². The molecule has 20 heavy (non-hydrogen) atoms. The lowest BCUT2D eigenvalue weighted by molar-refractivity contribution is 0.104. The molecule has 2 aromatic heterocycles. The van der Waals surface area contributed by atoms with E-state index in [0.29, 0.717) is 10.4 Å². The summed E-state index contributed by atoms with van der Waals surface area (Å²) in [6.07, 6.45) is 1.86. The molecule has 0 radical (unpaired) electrons. The minimum Gasteiger partial charge on any atom is -0.496 e. The smallest absolute Gasteiger partial charge is 0.206 e. The van der Waals surface area contributed by atoms with Gasteiger partial charge in [-0.3, -0.25) is 4.79 Å². The van der Waals surface area contributed by atoms with Crippen LogP contribution in [-0.2, 0) is 7.05 Å².